The molecule has 0 aliphatic carbocycles. The Labute approximate surface area is 170 Å². The van der Waals surface area contributed by atoms with E-state index in [2.05, 4.69) is 81.2 Å². The zero-order valence-electron chi connectivity index (χ0n) is 17.1. The van der Waals surface area contributed by atoms with Crippen molar-refractivity contribution in [2.75, 3.05) is 0 Å². The number of pyridine rings is 1. The molecule has 4 aromatic carbocycles. The van der Waals surface area contributed by atoms with Crippen molar-refractivity contribution in [3.63, 3.8) is 0 Å². The summed E-state index contributed by atoms with van der Waals surface area (Å²) in [5, 5.41) is 8.56. The molecule has 0 N–H and O–H groups in total. The summed E-state index contributed by atoms with van der Waals surface area (Å²) >= 11 is 0. The quantitative estimate of drug-likeness (QED) is 0.221. The Kier molecular flexibility index (Phi) is 3.24. The van der Waals surface area contributed by atoms with E-state index < -0.39 is 0 Å². The highest BCUT2D eigenvalue weighted by molar-refractivity contribution is 6.65. The Morgan fingerprint density at radius 1 is 0.724 bits per heavy atom. The van der Waals surface area contributed by atoms with Gasteiger partial charge >= 0.3 is 7.12 Å². The molecule has 0 spiro atoms. The van der Waals surface area contributed by atoms with Gasteiger partial charge in [0.15, 0.2) is 0 Å². The monoisotopic (exact) mass is 379 g/mol. The van der Waals surface area contributed by atoms with Crippen molar-refractivity contribution in [1.29, 1.82) is 0 Å². The molecule has 6 rings (SSSR count). The molecule has 1 fully saturated rings. The van der Waals surface area contributed by atoms with Gasteiger partial charge in [0.25, 0.3) is 0 Å². The maximum absolute atomic E-state index is 6.38. The van der Waals surface area contributed by atoms with Crippen molar-refractivity contribution in [3.8, 4) is 0 Å². The molecule has 142 valence electrons. The van der Waals surface area contributed by atoms with Gasteiger partial charge in [0.05, 0.1) is 16.7 Å². The number of fused-ring (bicyclic) bond motifs is 2. The van der Waals surface area contributed by atoms with Gasteiger partial charge in [-0.25, -0.2) is 0 Å². The lowest BCUT2D eigenvalue weighted by molar-refractivity contribution is 0.00578. The minimum atomic E-state index is -0.376. The van der Waals surface area contributed by atoms with Crippen LogP contribution >= 0.6 is 0 Å². The average Bonchev–Trinajstić information content (AvgIpc) is 2.92. The molecule has 4 heteroatoms. The first kappa shape index (κ1) is 17.2. The van der Waals surface area contributed by atoms with E-state index in [0.717, 1.165) is 11.0 Å². The molecule has 2 heterocycles. The summed E-state index contributed by atoms with van der Waals surface area (Å²) in [5.41, 5.74) is 1.42. The fraction of sp³-hybridized carbons (Fsp3) is 0.240. The van der Waals surface area contributed by atoms with Gasteiger partial charge in [-0.2, -0.15) is 0 Å². The summed E-state index contributed by atoms with van der Waals surface area (Å²) in [7, 11) is -0.376. The Balaban J connectivity index is 1.69. The molecule has 1 aliphatic rings. The predicted octanol–water partition coefficient (Wildman–Crippen LogP) is 5.43. The van der Waals surface area contributed by atoms with Gasteiger partial charge in [0.2, 0.25) is 0 Å². The topological polar surface area (TPSA) is 31.4 Å². The molecule has 1 aromatic heterocycles. The first-order valence-corrected chi connectivity index (χ1v) is 10.2. The zero-order chi connectivity index (χ0) is 20.0. The highest BCUT2D eigenvalue weighted by Gasteiger charge is 2.52. The second kappa shape index (κ2) is 5.47. The van der Waals surface area contributed by atoms with Crippen LogP contribution in [-0.2, 0) is 9.31 Å². The van der Waals surface area contributed by atoms with Crippen LogP contribution in [0, 0.1) is 0 Å². The maximum Gasteiger partial charge on any atom is 0.495 e. The van der Waals surface area contributed by atoms with Crippen molar-refractivity contribution in [2.24, 2.45) is 0 Å². The molecule has 5 aromatic rings. The van der Waals surface area contributed by atoms with Crippen molar-refractivity contribution < 1.29 is 9.31 Å². The predicted molar refractivity (Wildman–Crippen MR) is 121 cm³/mol. The fourth-order valence-electron chi connectivity index (χ4n) is 4.62. The Bertz CT molecular complexity index is 1410. The normalized spacial score (nSPS) is 18.6. The zero-order valence-corrected chi connectivity index (χ0v) is 17.1. The molecule has 1 saturated heterocycles. The molecule has 0 bridgehead atoms. The lowest BCUT2D eigenvalue weighted by Gasteiger charge is -2.32. The van der Waals surface area contributed by atoms with E-state index in [0.29, 0.717) is 0 Å². The van der Waals surface area contributed by atoms with Gasteiger partial charge in [0.1, 0.15) is 0 Å². The molecule has 0 radical (unpaired) electrons. The lowest BCUT2D eigenvalue weighted by atomic mass is 9.74. The Hall–Kier alpha value is -2.69. The minimum Gasteiger partial charge on any atom is -0.399 e. The van der Waals surface area contributed by atoms with Crippen LogP contribution in [0.2, 0.25) is 0 Å². The van der Waals surface area contributed by atoms with Crippen molar-refractivity contribution in [1.82, 2.24) is 4.98 Å². The molecule has 29 heavy (non-hydrogen) atoms. The number of nitrogens with zero attached hydrogens (tertiary/aromatic N) is 1. The van der Waals surface area contributed by atoms with E-state index in [-0.39, 0.29) is 18.3 Å². The van der Waals surface area contributed by atoms with Gasteiger partial charge in [-0.05, 0) is 72.2 Å². The van der Waals surface area contributed by atoms with Crippen LogP contribution in [-0.4, -0.2) is 23.3 Å². The van der Waals surface area contributed by atoms with E-state index in [9.17, 15) is 0 Å². The summed E-state index contributed by atoms with van der Waals surface area (Å²) in [6.07, 6.45) is 1.87. The second-order valence-corrected chi connectivity index (χ2v) is 9.12. The number of benzene rings is 4. The van der Waals surface area contributed by atoms with Crippen LogP contribution in [0.25, 0.3) is 43.2 Å². The first-order valence-electron chi connectivity index (χ1n) is 10.2. The van der Waals surface area contributed by atoms with Gasteiger partial charge < -0.3 is 9.31 Å². The van der Waals surface area contributed by atoms with E-state index in [4.69, 9.17) is 9.31 Å². The highest BCUT2D eigenvalue weighted by atomic mass is 16.7. The van der Waals surface area contributed by atoms with Gasteiger partial charge in [-0.3, -0.25) is 4.98 Å². The van der Waals surface area contributed by atoms with Crippen molar-refractivity contribution in [2.45, 2.75) is 38.9 Å². The molecule has 3 nitrogen and oxygen atoms in total. The summed E-state index contributed by atoms with van der Waals surface area (Å²) < 4.78 is 12.8. The maximum atomic E-state index is 6.38. The lowest BCUT2D eigenvalue weighted by Crippen LogP contribution is -2.41. The van der Waals surface area contributed by atoms with Crippen LogP contribution in [0.15, 0.2) is 60.8 Å². The van der Waals surface area contributed by atoms with Crippen molar-refractivity contribution >= 4 is 55.8 Å². The highest BCUT2D eigenvalue weighted by Crippen LogP contribution is 2.40. The second-order valence-electron chi connectivity index (χ2n) is 9.12. The van der Waals surface area contributed by atoms with Gasteiger partial charge in [-0.15, -0.1) is 0 Å². The summed E-state index contributed by atoms with van der Waals surface area (Å²) in [6.45, 7) is 8.39. The first-order chi connectivity index (χ1) is 13.9. The molecule has 0 atom stereocenters. The van der Waals surface area contributed by atoms with E-state index >= 15 is 0 Å². The van der Waals surface area contributed by atoms with Gasteiger partial charge in [-0.1, -0.05) is 42.5 Å². The van der Waals surface area contributed by atoms with E-state index in [1.807, 2.05) is 12.3 Å². The van der Waals surface area contributed by atoms with Gasteiger partial charge in [0, 0.05) is 17.0 Å². The molecule has 0 saturated carbocycles. The fourth-order valence-corrected chi connectivity index (χ4v) is 4.62. The third kappa shape index (κ3) is 2.24. The molecule has 1 aliphatic heterocycles. The Morgan fingerprint density at radius 3 is 2.17 bits per heavy atom. The Morgan fingerprint density at radius 2 is 1.38 bits per heavy atom. The summed E-state index contributed by atoms with van der Waals surface area (Å²) in [4.78, 5) is 4.68. The summed E-state index contributed by atoms with van der Waals surface area (Å²) in [6, 6.07) is 19.5. The van der Waals surface area contributed by atoms with Crippen LogP contribution in [0.4, 0.5) is 0 Å². The molecular formula is C25H22BNO2. The number of hydrogen-bond donors (Lipinski definition) is 0. The third-order valence-corrected chi connectivity index (χ3v) is 6.89. The average molecular weight is 379 g/mol. The number of hydrogen-bond acceptors (Lipinski definition) is 3. The molecule has 0 unspecified atom stereocenters. The minimum absolute atomic E-state index is 0.359. The largest absolute Gasteiger partial charge is 0.495 e. The number of aromatic nitrogens is 1. The third-order valence-electron chi connectivity index (χ3n) is 6.89. The van der Waals surface area contributed by atoms with Crippen molar-refractivity contribution in [3.05, 3.63) is 60.8 Å². The van der Waals surface area contributed by atoms with Crippen LogP contribution in [0.3, 0.4) is 0 Å². The standard InChI is InChI=1S/C25H22BNO2/c1-24(2)25(3,4)29-26(28-24)20-12-9-15-7-11-19-22-16(8-10-18(20)21(15)22)14-17-6-5-13-27-23(17)19/h5-14H,1-4H3. The summed E-state index contributed by atoms with van der Waals surface area (Å²) in [5.74, 6) is 0. The van der Waals surface area contributed by atoms with Crippen LogP contribution in [0.1, 0.15) is 27.7 Å². The number of rotatable bonds is 1. The SMILES string of the molecule is CC1(C)OB(c2ccc3ccc4c5ncccc5cc5ccc2c3c54)OC1(C)C. The van der Waals surface area contributed by atoms with Crippen LogP contribution in [0.5, 0.6) is 0 Å². The smallest absolute Gasteiger partial charge is 0.399 e. The molecular weight excluding hydrogens is 357 g/mol. The van der Waals surface area contributed by atoms with Crippen LogP contribution < -0.4 is 5.46 Å². The van der Waals surface area contributed by atoms with E-state index in [1.165, 1.54) is 37.7 Å². The molecule has 0 amide bonds. The van der Waals surface area contributed by atoms with E-state index in [1.54, 1.807) is 0 Å².